The van der Waals surface area contributed by atoms with E-state index in [0.717, 1.165) is 36.6 Å². The second-order valence-electron chi connectivity index (χ2n) is 5.91. The number of hydrogen-bond donors (Lipinski definition) is 0. The van der Waals surface area contributed by atoms with Crippen molar-refractivity contribution >= 4 is 23.1 Å². The number of carbonyl (C=O) groups is 1. The van der Waals surface area contributed by atoms with E-state index in [1.165, 1.54) is 16.9 Å². The molecule has 1 amide bonds. The molecule has 1 aliphatic rings. The molecule has 22 heavy (non-hydrogen) atoms. The largest absolute Gasteiger partial charge is 0.363 e. The van der Waals surface area contributed by atoms with Crippen LogP contribution in [0.1, 0.15) is 34.0 Å². The van der Waals surface area contributed by atoms with Crippen LogP contribution in [0.3, 0.4) is 0 Å². The molecule has 0 spiro atoms. The van der Waals surface area contributed by atoms with Gasteiger partial charge < -0.3 is 9.80 Å². The van der Waals surface area contributed by atoms with Crippen LogP contribution in [0.25, 0.3) is 0 Å². The van der Waals surface area contributed by atoms with Gasteiger partial charge in [-0.05, 0) is 42.0 Å². The van der Waals surface area contributed by atoms with Crippen molar-refractivity contribution in [3.05, 3.63) is 46.3 Å². The third kappa shape index (κ3) is 3.14. The van der Waals surface area contributed by atoms with Gasteiger partial charge in [-0.1, -0.05) is 6.07 Å². The van der Waals surface area contributed by atoms with Crippen molar-refractivity contribution in [2.75, 3.05) is 32.1 Å². The minimum atomic E-state index is 0.168. The van der Waals surface area contributed by atoms with Crippen LogP contribution in [-0.2, 0) is 0 Å². The van der Waals surface area contributed by atoms with Gasteiger partial charge in [-0.3, -0.25) is 4.79 Å². The van der Waals surface area contributed by atoms with Gasteiger partial charge in [0.15, 0.2) is 0 Å². The fraction of sp³-hybridized carbons (Fsp3) is 0.412. The number of aromatic nitrogens is 1. The first-order valence-electron chi connectivity index (χ1n) is 7.61. The molecule has 1 saturated heterocycles. The number of carbonyl (C=O) groups excluding carboxylic acids is 1. The van der Waals surface area contributed by atoms with Gasteiger partial charge in [0.1, 0.15) is 5.82 Å². The number of thiophene rings is 1. The lowest BCUT2D eigenvalue weighted by Gasteiger charge is -2.33. The monoisotopic (exact) mass is 315 g/mol. The maximum atomic E-state index is 12.5. The molecule has 3 heterocycles. The zero-order valence-electron chi connectivity index (χ0n) is 13.0. The van der Waals surface area contributed by atoms with Crippen LogP contribution < -0.4 is 4.90 Å². The molecule has 0 N–H and O–H groups in total. The molecule has 0 radical (unpaired) electrons. The van der Waals surface area contributed by atoms with Gasteiger partial charge in [0, 0.05) is 39.3 Å². The molecule has 1 atom stereocenters. The highest BCUT2D eigenvalue weighted by molar-refractivity contribution is 7.12. The number of amides is 1. The van der Waals surface area contributed by atoms with Crippen LogP contribution in [-0.4, -0.2) is 43.0 Å². The van der Waals surface area contributed by atoms with Crippen LogP contribution in [0.2, 0.25) is 0 Å². The van der Waals surface area contributed by atoms with Crippen molar-refractivity contribution in [1.82, 2.24) is 9.88 Å². The molecule has 0 aliphatic carbocycles. The molecule has 2 aromatic heterocycles. The van der Waals surface area contributed by atoms with Crippen molar-refractivity contribution < 1.29 is 4.79 Å². The van der Waals surface area contributed by atoms with E-state index in [1.807, 2.05) is 47.6 Å². The SMILES string of the molecule is CN(C)c1cc([C@H]2CCCN(C(=O)c3cccs3)C2)ccn1. The molecule has 5 heteroatoms. The molecule has 3 rings (SSSR count). The lowest BCUT2D eigenvalue weighted by molar-refractivity contribution is 0.0712. The minimum absolute atomic E-state index is 0.168. The summed E-state index contributed by atoms with van der Waals surface area (Å²) in [6.45, 7) is 1.66. The zero-order valence-corrected chi connectivity index (χ0v) is 13.8. The highest BCUT2D eigenvalue weighted by Crippen LogP contribution is 2.29. The number of rotatable bonds is 3. The first-order valence-corrected chi connectivity index (χ1v) is 8.49. The molecule has 1 fully saturated rings. The Balaban J connectivity index is 1.75. The predicted molar refractivity (Wildman–Crippen MR) is 90.8 cm³/mol. The Bertz CT molecular complexity index is 639. The van der Waals surface area contributed by atoms with Gasteiger partial charge >= 0.3 is 0 Å². The van der Waals surface area contributed by atoms with Gasteiger partial charge in [-0.25, -0.2) is 4.98 Å². The molecule has 0 saturated carbocycles. The fourth-order valence-corrected chi connectivity index (χ4v) is 3.61. The fourth-order valence-electron chi connectivity index (χ4n) is 2.92. The summed E-state index contributed by atoms with van der Waals surface area (Å²) in [6, 6.07) is 8.07. The quantitative estimate of drug-likeness (QED) is 0.872. The maximum Gasteiger partial charge on any atom is 0.263 e. The molecular formula is C17H21N3OS. The summed E-state index contributed by atoms with van der Waals surface area (Å²) in [5, 5.41) is 1.96. The summed E-state index contributed by atoms with van der Waals surface area (Å²) in [6.07, 6.45) is 4.05. The number of piperidine rings is 1. The summed E-state index contributed by atoms with van der Waals surface area (Å²) < 4.78 is 0. The highest BCUT2D eigenvalue weighted by atomic mass is 32.1. The van der Waals surface area contributed by atoms with Gasteiger partial charge in [0.05, 0.1) is 4.88 Å². The standard InChI is InChI=1S/C17H21N3OS/c1-19(2)16-11-13(7-8-18-16)14-5-3-9-20(12-14)17(21)15-6-4-10-22-15/h4,6-8,10-11,14H,3,5,9,12H2,1-2H3/t14-/m0/s1. The predicted octanol–water partition coefficient (Wildman–Crippen LogP) is 3.23. The zero-order chi connectivity index (χ0) is 15.5. The first kappa shape index (κ1) is 15.0. The third-order valence-corrected chi connectivity index (χ3v) is 5.00. The molecule has 0 aromatic carbocycles. The average molecular weight is 315 g/mol. The minimum Gasteiger partial charge on any atom is -0.363 e. The molecule has 2 aromatic rings. The summed E-state index contributed by atoms with van der Waals surface area (Å²) in [5.41, 5.74) is 1.28. The van der Waals surface area contributed by atoms with Crippen molar-refractivity contribution in [3.63, 3.8) is 0 Å². The Hall–Kier alpha value is -1.88. The van der Waals surface area contributed by atoms with Gasteiger partial charge in [0.2, 0.25) is 0 Å². The van der Waals surface area contributed by atoms with E-state index in [-0.39, 0.29) is 5.91 Å². The Morgan fingerprint density at radius 1 is 1.41 bits per heavy atom. The number of hydrogen-bond acceptors (Lipinski definition) is 4. The van der Waals surface area contributed by atoms with Gasteiger partial charge in [0.25, 0.3) is 5.91 Å². The average Bonchev–Trinajstić information content (AvgIpc) is 3.09. The number of pyridine rings is 1. The van der Waals surface area contributed by atoms with E-state index in [9.17, 15) is 4.79 Å². The smallest absolute Gasteiger partial charge is 0.263 e. The molecular weight excluding hydrogens is 294 g/mol. The van der Waals surface area contributed by atoms with Crippen molar-refractivity contribution in [2.45, 2.75) is 18.8 Å². The Labute approximate surface area is 135 Å². The molecule has 1 aliphatic heterocycles. The van der Waals surface area contributed by atoms with Crippen molar-refractivity contribution in [2.24, 2.45) is 0 Å². The van der Waals surface area contributed by atoms with E-state index in [4.69, 9.17) is 0 Å². The Morgan fingerprint density at radius 3 is 3.00 bits per heavy atom. The Morgan fingerprint density at radius 2 is 2.27 bits per heavy atom. The van der Waals surface area contributed by atoms with E-state index >= 15 is 0 Å². The van der Waals surface area contributed by atoms with Gasteiger partial charge in [-0.2, -0.15) is 0 Å². The molecule has 4 nitrogen and oxygen atoms in total. The second kappa shape index (κ2) is 6.48. The number of likely N-dealkylation sites (tertiary alicyclic amines) is 1. The van der Waals surface area contributed by atoms with Crippen molar-refractivity contribution in [1.29, 1.82) is 0 Å². The highest BCUT2D eigenvalue weighted by Gasteiger charge is 2.26. The molecule has 0 bridgehead atoms. The summed E-state index contributed by atoms with van der Waals surface area (Å²) >= 11 is 1.52. The summed E-state index contributed by atoms with van der Waals surface area (Å²) in [5.74, 6) is 1.54. The van der Waals surface area contributed by atoms with E-state index in [0.29, 0.717) is 5.92 Å². The Kier molecular flexibility index (Phi) is 4.43. The topological polar surface area (TPSA) is 36.4 Å². The number of anilines is 1. The second-order valence-corrected chi connectivity index (χ2v) is 6.86. The third-order valence-electron chi connectivity index (χ3n) is 4.14. The van der Waals surface area contributed by atoms with Crippen molar-refractivity contribution in [3.8, 4) is 0 Å². The lowest BCUT2D eigenvalue weighted by Crippen LogP contribution is -2.38. The van der Waals surface area contributed by atoms with Crippen LogP contribution in [0.5, 0.6) is 0 Å². The molecule has 0 unspecified atom stereocenters. The maximum absolute atomic E-state index is 12.5. The summed E-state index contributed by atoms with van der Waals surface area (Å²) in [7, 11) is 4.00. The van der Waals surface area contributed by atoms with Crippen LogP contribution in [0, 0.1) is 0 Å². The van der Waals surface area contributed by atoms with E-state index in [1.54, 1.807) is 0 Å². The van der Waals surface area contributed by atoms with Crippen LogP contribution >= 0.6 is 11.3 Å². The van der Waals surface area contributed by atoms with Crippen LogP contribution in [0.4, 0.5) is 5.82 Å². The van der Waals surface area contributed by atoms with Crippen LogP contribution in [0.15, 0.2) is 35.8 Å². The summed E-state index contributed by atoms with van der Waals surface area (Å²) in [4.78, 5) is 21.8. The first-order chi connectivity index (χ1) is 10.6. The van der Waals surface area contributed by atoms with Gasteiger partial charge in [-0.15, -0.1) is 11.3 Å². The molecule has 116 valence electrons. The lowest BCUT2D eigenvalue weighted by atomic mass is 9.91. The normalized spacial score (nSPS) is 18.3. The van der Waals surface area contributed by atoms with E-state index < -0.39 is 0 Å². The number of nitrogens with zero attached hydrogens (tertiary/aromatic N) is 3. The van der Waals surface area contributed by atoms with E-state index in [2.05, 4.69) is 17.1 Å².